The first-order valence-electron chi connectivity index (χ1n) is 5.98. The van der Waals surface area contributed by atoms with Crippen LogP contribution in [0.1, 0.15) is 24.9 Å². The van der Waals surface area contributed by atoms with Crippen molar-refractivity contribution in [2.45, 2.75) is 28.8 Å². The summed E-state index contributed by atoms with van der Waals surface area (Å²) in [5, 5.41) is 6.54. The molecule has 1 aromatic carbocycles. The number of thioether (sulfide) groups is 1. The lowest BCUT2D eigenvalue weighted by molar-refractivity contribution is 0.670. The topological polar surface area (TPSA) is 12.0 Å². The van der Waals surface area contributed by atoms with Gasteiger partial charge < -0.3 is 5.32 Å². The Morgan fingerprint density at radius 3 is 3.06 bits per heavy atom. The largest absolute Gasteiger partial charge is 0.378 e. The molecule has 2 heterocycles. The van der Waals surface area contributed by atoms with E-state index in [1.54, 1.807) is 0 Å². The number of anilines is 1. The van der Waals surface area contributed by atoms with Gasteiger partial charge in [0, 0.05) is 15.4 Å². The summed E-state index contributed by atoms with van der Waals surface area (Å²) >= 11 is 7.39. The van der Waals surface area contributed by atoms with E-state index in [0.717, 1.165) is 4.47 Å². The summed E-state index contributed by atoms with van der Waals surface area (Å²) in [6, 6.07) is 11.1. The van der Waals surface area contributed by atoms with Crippen molar-refractivity contribution >= 4 is 44.7 Å². The molecule has 0 spiro atoms. The zero-order valence-corrected chi connectivity index (χ0v) is 13.2. The van der Waals surface area contributed by atoms with Crippen molar-refractivity contribution in [2.75, 3.05) is 5.32 Å². The van der Waals surface area contributed by atoms with E-state index in [4.69, 9.17) is 0 Å². The molecule has 1 nitrogen and oxygen atoms in total. The van der Waals surface area contributed by atoms with Crippen molar-refractivity contribution < 1.29 is 0 Å². The molecule has 0 bridgehead atoms. The van der Waals surface area contributed by atoms with E-state index < -0.39 is 0 Å². The lowest BCUT2D eigenvalue weighted by atomic mass is 10.0. The average molecular weight is 340 g/mol. The lowest BCUT2D eigenvalue weighted by Gasteiger charge is -2.28. The van der Waals surface area contributed by atoms with Crippen molar-refractivity contribution in [1.82, 2.24) is 0 Å². The Hall–Kier alpha value is -0.450. The maximum absolute atomic E-state index is 3.66. The van der Waals surface area contributed by atoms with Crippen molar-refractivity contribution in [3.63, 3.8) is 0 Å². The Morgan fingerprint density at radius 2 is 2.22 bits per heavy atom. The normalized spacial score (nSPS) is 22.6. The van der Waals surface area contributed by atoms with Crippen molar-refractivity contribution in [2.24, 2.45) is 0 Å². The number of hydrogen-bond donors (Lipinski definition) is 1. The molecule has 18 heavy (non-hydrogen) atoms. The van der Waals surface area contributed by atoms with Crippen LogP contribution in [0, 0.1) is 0 Å². The minimum absolute atomic E-state index is 0.441. The highest BCUT2D eigenvalue weighted by atomic mass is 79.9. The molecule has 0 radical (unpaired) electrons. The van der Waals surface area contributed by atoms with Crippen LogP contribution in [0.25, 0.3) is 0 Å². The summed E-state index contributed by atoms with van der Waals surface area (Å²) in [7, 11) is 0. The van der Waals surface area contributed by atoms with Gasteiger partial charge >= 0.3 is 0 Å². The van der Waals surface area contributed by atoms with E-state index in [1.807, 2.05) is 23.1 Å². The van der Waals surface area contributed by atoms with Gasteiger partial charge in [-0.2, -0.15) is 0 Å². The third-order valence-corrected chi connectivity index (χ3v) is 5.91. The highest BCUT2D eigenvalue weighted by Gasteiger charge is 2.26. The summed E-state index contributed by atoms with van der Waals surface area (Å²) in [6.45, 7) is 2.31. The smallest absolute Gasteiger partial charge is 0.0653 e. The molecule has 2 atom stereocenters. The molecule has 2 aromatic rings. The standard InChI is InChI=1S/C14H14BrNS2/c1-9-7-13(12-5-6-17-14(12)18-9)16-11-4-2-3-10(15)8-11/h2-6,8-9,13,16H,7H2,1H3/t9-,13?/m0/s1. The summed E-state index contributed by atoms with van der Waals surface area (Å²) in [4.78, 5) is 0. The first-order chi connectivity index (χ1) is 8.72. The van der Waals surface area contributed by atoms with Gasteiger partial charge in [-0.1, -0.05) is 28.9 Å². The minimum Gasteiger partial charge on any atom is -0.378 e. The van der Waals surface area contributed by atoms with Crippen LogP contribution in [-0.2, 0) is 0 Å². The summed E-state index contributed by atoms with van der Waals surface area (Å²) < 4.78 is 2.59. The fourth-order valence-electron chi connectivity index (χ4n) is 2.27. The minimum atomic E-state index is 0.441. The molecule has 1 aromatic heterocycles. The van der Waals surface area contributed by atoms with Crippen molar-refractivity contribution in [3.05, 3.63) is 45.7 Å². The summed E-state index contributed by atoms with van der Waals surface area (Å²) in [5.74, 6) is 0. The first kappa shape index (κ1) is 12.6. The van der Waals surface area contributed by atoms with E-state index in [9.17, 15) is 0 Å². The predicted molar refractivity (Wildman–Crippen MR) is 84.8 cm³/mol. The van der Waals surface area contributed by atoms with E-state index in [1.165, 1.54) is 21.9 Å². The van der Waals surface area contributed by atoms with Crippen LogP contribution in [-0.4, -0.2) is 5.25 Å². The van der Waals surface area contributed by atoms with Gasteiger partial charge in [0.25, 0.3) is 0 Å². The molecule has 94 valence electrons. The maximum atomic E-state index is 3.66. The Bertz CT molecular complexity index is 552. The van der Waals surface area contributed by atoms with Gasteiger partial charge in [-0.3, -0.25) is 0 Å². The molecule has 0 amide bonds. The van der Waals surface area contributed by atoms with Crippen LogP contribution in [0.15, 0.2) is 44.4 Å². The van der Waals surface area contributed by atoms with Crippen LogP contribution >= 0.6 is 39.0 Å². The number of benzene rings is 1. The third-order valence-electron chi connectivity index (χ3n) is 3.08. The van der Waals surface area contributed by atoms with Crippen LogP contribution in [0.4, 0.5) is 5.69 Å². The number of halogens is 1. The number of thiophene rings is 1. The molecular formula is C14H14BrNS2. The first-order valence-corrected chi connectivity index (χ1v) is 8.54. The summed E-state index contributed by atoms with van der Waals surface area (Å²) in [5.41, 5.74) is 2.65. The Balaban J connectivity index is 1.86. The molecule has 0 aliphatic carbocycles. The predicted octanol–water partition coefficient (Wildman–Crippen LogP) is 5.55. The number of nitrogens with one attached hydrogen (secondary N) is 1. The van der Waals surface area contributed by atoms with Gasteiger partial charge in [0.15, 0.2) is 0 Å². The second-order valence-electron chi connectivity index (χ2n) is 4.53. The quantitative estimate of drug-likeness (QED) is 0.769. The molecule has 0 saturated carbocycles. The number of hydrogen-bond acceptors (Lipinski definition) is 3. The van der Waals surface area contributed by atoms with Crippen LogP contribution in [0.5, 0.6) is 0 Å². The monoisotopic (exact) mass is 339 g/mol. The average Bonchev–Trinajstić information content (AvgIpc) is 2.77. The lowest BCUT2D eigenvalue weighted by Crippen LogP contribution is -2.18. The maximum Gasteiger partial charge on any atom is 0.0653 e. The second-order valence-corrected chi connectivity index (χ2v) is 8.07. The van der Waals surface area contributed by atoms with Gasteiger partial charge in [0.2, 0.25) is 0 Å². The summed E-state index contributed by atoms with van der Waals surface area (Å²) in [6.07, 6.45) is 1.18. The SMILES string of the molecule is C[C@H]1CC(Nc2cccc(Br)c2)c2ccsc2S1. The molecule has 1 aliphatic heterocycles. The van der Waals surface area contributed by atoms with Gasteiger partial charge in [-0.25, -0.2) is 0 Å². The fraction of sp³-hybridized carbons (Fsp3) is 0.286. The second kappa shape index (κ2) is 5.27. The zero-order chi connectivity index (χ0) is 12.5. The van der Waals surface area contributed by atoms with E-state index >= 15 is 0 Å². The highest BCUT2D eigenvalue weighted by molar-refractivity contribution is 9.10. The zero-order valence-electron chi connectivity index (χ0n) is 10.0. The molecule has 4 heteroatoms. The van der Waals surface area contributed by atoms with Crippen LogP contribution in [0.2, 0.25) is 0 Å². The van der Waals surface area contributed by atoms with Gasteiger partial charge in [-0.15, -0.1) is 23.1 Å². The number of fused-ring (bicyclic) bond motifs is 1. The highest BCUT2D eigenvalue weighted by Crippen LogP contribution is 2.44. The fourth-order valence-corrected chi connectivity index (χ4v) is 5.23. The molecule has 0 fully saturated rings. The Labute approximate surface area is 124 Å². The Morgan fingerprint density at radius 1 is 1.33 bits per heavy atom. The van der Waals surface area contributed by atoms with E-state index in [-0.39, 0.29) is 0 Å². The Kier molecular flexibility index (Phi) is 3.68. The van der Waals surface area contributed by atoms with E-state index in [2.05, 4.69) is 63.9 Å². The van der Waals surface area contributed by atoms with Crippen molar-refractivity contribution in [1.29, 1.82) is 0 Å². The number of rotatable bonds is 2. The van der Waals surface area contributed by atoms with Gasteiger partial charge in [0.1, 0.15) is 0 Å². The third kappa shape index (κ3) is 2.60. The molecular weight excluding hydrogens is 326 g/mol. The molecule has 3 rings (SSSR count). The molecule has 0 saturated heterocycles. The molecule has 1 unspecified atom stereocenters. The van der Waals surface area contributed by atoms with E-state index in [0.29, 0.717) is 11.3 Å². The molecule has 1 N–H and O–H groups in total. The van der Waals surface area contributed by atoms with Crippen LogP contribution < -0.4 is 5.32 Å². The molecule has 1 aliphatic rings. The van der Waals surface area contributed by atoms with Crippen molar-refractivity contribution in [3.8, 4) is 0 Å². The van der Waals surface area contributed by atoms with Gasteiger partial charge in [-0.05, 0) is 41.6 Å². The van der Waals surface area contributed by atoms with Gasteiger partial charge in [0.05, 0.1) is 10.3 Å². The van der Waals surface area contributed by atoms with Crippen LogP contribution in [0.3, 0.4) is 0 Å².